The Morgan fingerprint density at radius 1 is 1.14 bits per heavy atom. The van der Waals surface area contributed by atoms with E-state index in [-0.39, 0.29) is 29.9 Å². The summed E-state index contributed by atoms with van der Waals surface area (Å²) in [5.74, 6) is 0.913. The van der Waals surface area contributed by atoms with Crippen LogP contribution in [0.5, 0.6) is 0 Å². The van der Waals surface area contributed by atoms with Crippen LogP contribution in [0.25, 0.3) is 0 Å². The van der Waals surface area contributed by atoms with Crippen LogP contribution in [-0.2, 0) is 6.42 Å². The van der Waals surface area contributed by atoms with E-state index in [0.29, 0.717) is 0 Å². The van der Waals surface area contributed by atoms with E-state index in [0.717, 1.165) is 49.7 Å². The maximum absolute atomic E-state index is 12.1. The van der Waals surface area contributed by atoms with Gasteiger partial charge in [0.05, 0.1) is 6.54 Å². The Morgan fingerprint density at radius 3 is 2.52 bits per heavy atom. The van der Waals surface area contributed by atoms with Crippen LogP contribution in [0.15, 0.2) is 29.3 Å². The van der Waals surface area contributed by atoms with Gasteiger partial charge in [0.2, 0.25) is 0 Å². The Bertz CT molecular complexity index is 627. The third-order valence-electron chi connectivity index (χ3n) is 5.02. The van der Waals surface area contributed by atoms with Crippen LogP contribution < -0.4 is 10.6 Å². The molecule has 7 heteroatoms. The lowest BCUT2D eigenvalue weighted by Crippen LogP contribution is -2.39. The van der Waals surface area contributed by atoms with E-state index in [1.54, 1.807) is 19.0 Å². The number of nitrogens with one attached hydrogen (secondary N) is 2. The minimum atomic E-state index is 0. The zero-order valence-corrected chi connectivity index (χ0v) is 20.6. The number of nitrogens with zero attached hydrogens (tertiary/aromatic N) is 3. The Morgan fingerprint density at radius 2 is 1.86 bits per heavy atom. The first-order chi connectivity index (χ1) is 13.6. The molecule has 1 saturated heterocycles. The number of carbonyl (C=O) groups is 1. The van der Waals surface area contributed by atoms with E-state index in [1.165, 1.54) is 38.8 Å². The molecule has 1 fully saturated rings. The number of hydrogen-bond donors (Lipinski definition) is 2. The Kier molecular flexibility index (Phi) is 12.9. The fourth-order valence-corrected chi connectivity index (χ4v) is 3.45. The van der Waals surface area contributed by atoms with Gasteiger partial charge in [-0.3, -0.25) is 9.79 Å². The van der Waals surface area contributed by atoms with Crippen molar-refractivity contribution in [1.82, 2.24) is 20.4 Å². The van der Waals surface area contributed by atoms with Crippen molar-refractivity contribution < 1.29 is 4.79 Å². The van der Waals surface area contributed by atoms with Crippen LogP contribution in [0.3, 0.4) is 0 Å². The van der Waals surface area contributed by atoms with Crippen LogP contribution in [0.1, 0.15) is 48.5 Å². The number of benzene rings is 1. The highest BCUT2D eigenvalue weighted by Gasteiger charge is 2.09. The van der Waals surface area contributed by atoms with E-state index < -0.39 is 0 Å². The SMILES string of the molecule is CCNC(=NCCN1CCCCCC1)NCCc1cccc(C(=O)N(C)C)c1.I. The summed E-state index contributed by atoms with van der Waals surface area (Å²) in [5.41, 5.74) is 1.89. The zero-order valence-electron chi connectivity index (χ0n) is 18.2. The molecule has 0 bridgehead atoms. The second-order valence-corrected chi connectivity index (χ2v) is 7.59. The van der Waals surface area contributed by atoms with Gasteiger partial charge in [-0.25, -0.2) is 0 Å². The summed E-state index contributed by atoms with van der Waals surface area (Å²) in [6, 6.07) is 7.87. The lowest BCUT2D eigenvalue weighted by atomic mass is 10.1. The molecule has 1 aromatic carbocycles. The Balaban J connectivity index is 0.00000420. The third-order valence-corrected chi connectivity index (χ3v) is 5.02. The summed E-state index contributed by atoms with van der Waals surface area (Å²) in [7, 11) is 3.56. The molecular formula is C22H38IN5O. The first-order valence-electron chi connectivity index (χ1n) is 10.6. The number of likely N-dealkylation sites (tertiary alicyclic amines) is 1. The van der Waals surface area contributed by atoms with Crippen molar-refractivity contribution in [1.29, 1.82) is 0 Å². The minimum Gasteiger partial charge on any atom is -0.357 e. The van der Waals surface area contributed by atoms with E-state index in [9.17, 15) is 4.79 Å². The number of aliphatic imine (C=N–C) groups is 1. The summed E-state index contributed by atoms with van der Waals surface area (Å²) in [4.78, 5) is 21.0. The quantitative estimate of drug-likeness (QED) is 0.318. The third kappa shape index (κ3) is 9.80. The van der Waals surface area contributed by atoms with Crippen LogP contribution >= 0.6 is 24.0 Å². The van der Waals surface area contributed by atoms with Crippen molar-refractivity contribution in [2.45, 2.75) is 39.0 Å². The number of amides is 1. The van der Waals surface area contributed by atoms with Gasteiger partial charge in [0.15, 0.2) is 5.96 Å². The number of carbonyl (C=O) groups excluding carboxylic acids is 1. The van der Waals surface area contributed by atoms with Crippen LogP contribution in [0.4, 0.5) is 0 Å². The van der Waals surface area contributed by atoms with E-state index >= 15 is 0 Å². The molecule has 0 atom stereocenters. The van der Waals surface area contributed by atoms with E-state index in [4.69, 9.17) is 4.99 Å². The second-order valence-electron chi connectivity index (χ2n) is 7.59. The van der Waals surface area contributed by atoms with Crippen molar-refractivity contribution >= 4 is 35.8 Å². The number of guanidine groups is 1. The number of hydrogen-bond acceptors (Lipinski definition) is 3. The lowest BCUT2D eigenvalue weighted by Gasteiger charge is -2.19. The molecule has 164 valence electrons. The monoisotopic (exact) mass is 515 g/mol. The second kappa shape index (κ2) is 14.6. The molecule has 1 amide bonds. The zero-order chi connectivity index (χ0) is 20.2. The molecular weight excluding hydrogens is 477 g/mol. The molecule has 0 radical (unpaired) electrons. The molecule has 6 nitrogen and oxygen atoms in total. The topological polar surface area (TPSA) is 60.0 Å². The molecule has 1 heterocycles. The van der Waals surface area contributed by atoms with Crippen LogP contribution in [-0.4, -0.2) is 75.0 Å². The fraction of sp³-hybridized carbons (Fsp3) is 0.636. The van der Waals surface area contributed by atoms with Crippen molar-refractivity contribution in [2.75, 3.05) is 53.4 Å². The van der Waals surface area contributed by atoms with Gasteiger partial charge in [0, 0.05) is 39.3 Å². The van der Waals surface area contributed by atoms with Gasteiger partial charge in [-0.15, -0.1) is 24.0 Å². The molecule has 0 saturated carbocycles. The molecule has 0 unspecified atom stereocenters. The highest BCUT2D eigenvalue weighted by molar-refractivity contribution is 14.0. The van der Waals surface area contributed by atoms with Gasteiger partial charge < -0.3 is 20.4 Å². The average Bonchev–Trinajstić information content (AvgIpc) is 2.96. The highest BCUT2D eigenvalue weighted by atomic mass is 127. The molecule has 2 rings (SSSR count). The highest BCUT2D eigenvalue weighted by Crippen LogP contribution is 2.09. The molecule has 29 heavy (non-hydrogen) atoms. The predicted octanol–water partition coefficient (Wildman–Crippen LogP) is 2.98. The number of halogens is 1. The van der Waals surface area contributed by atoms with E-state index in [2.05, 4.69) is 28.5 Å². The average molecular weight is 515 g/mol. The summed E-state index contributed by atoms with van der Waals surface area (Å²) in [5, 5.41) is 6.74. The van der Waals surface area contributed by atoms with Crippen LogP contribution in [0, 0.1) is 0 Å². The maximum atomic E-state index is 12.1. The molecule has 1 aromatic rings. The summed E-state index contributed by atoms with van der Waals surface area (Å²) >= 11 is 0. The van der Waals surface area contributed by atoms with Gasteiger partial charge in [-0.2, -0.15) is 0 Å². The van der Waals surface area contributed by atoms with Crippen LogP contribution in [0.2, 0.25) is 0 Å². The first kappa shape index (κ1) is 25.7. The predicted molar refractivity (Wildman–Crippen MR) is 132 cm³/mol. The minimum absolute atomic E-state index is 0. The summed E-state index contributed by atoms with van der Waals surface area (Å²) < 4.78 is 0. The first-order valence-corrected chi connectivity index (χ1v) is 10.6. The largest absolute Gasteiger partial charge is 0.357 e. The lowest BCUT2D eigenvalue weighted by molar-refractivity contribution is 0.0827. The molecule has 1 aliphatic heterocycles. The fourth-order valence-electron chi connectivity index (χ4n) is 3.45. The molecule has 0 aliphatic carbocycles. The Hall–Kier alpha value is -1.35. The van der Waals surface area contributed by atoms with Gasteiger partial charge in [0.1, 0.15) is 0 Å². The summed E-state index contributed by atoms with van der Waals surface area (Å²) in [6.07, 6.45) is 6.22. The van der Waals surface area contributed by atoms with Crippen molar-refractivity contribution in [3.05, 3.63) is 35.4 Å². The van der Waals surface area contributed by atoms with Gasteiger partial charge in [-0.05, 0) is 57.0 Å². The van der Waals surface area contributed by atoms with Crippen molar-refractivity contribution in [3.8, 4) is 0 Å². The van der Waals surface area contributed by atoms with Gasteiger partial charge in [-0.1, -0.05) is 25.0 Å². The summed E-state index contributed by atoms with van der Waals surface area (Å²) in [6.45, 7) is 8.00. The smallest absolute Gasteiger partial charge is 0.253 e. The van der Waals surface area contributed by atoms with Crippen molar-refractivity contribution in [2.24, 2.45) is 4.99 Å². The van der Waals surface area contributed by atoms with E-state index in [1.807, 2.05) is 18.2 Å². The number of rotatable bonds is 8. The maximum Gasteiger partial charge on any atom is 0.253 e. The van der Waals surface area contributed by atoms with Gasteiger partial charge in [0.25, 0.3) is 5.91 Å². The molecule has 2 N–H and O–H groups in total. The Labute approximate surface area is 193 Å². The van der Waals surface area contributed by atoms with Gasteiger partial charge >= 0.3 is 0 Å². The van der Waals surface area contributed by atoms with Crippen molar-refractivity contribution in [3.63, 3.8) is 0 Å². The standard InChI is InChI=1S/C22H37N5O.HI/c1-4-23-22(25-14-17-27-15-7-5-6-8-16-27)24-13-12-19-10-9-11-20(18-19)21(28)26(2)3;/h9-11,18H,4-8,12-17H2,1-3H3,(H2,23,24,25);1H. The normalized spacial score (nSPS) is 15.2. The molecule has 0 aromatic heterocycles. The molecule has 1 aliphatic rings. The molecule has 0 spiro atoms.